The highest BCUT2D eigenvalue weighted by atomic mass is 79.9. The van der Waals surface area contributed by atoms with Gasteiger partial charge in [0, 0.05) is 11.3 Å². The summed E-state index contributed by atoms with van der Waals surface area (Å²) in [7, 11) is 1.60. The predicted molar refractivity (Wildman–Crippen MR) is 93.8 cm³/mol. The molecule has 0 bridgehead atoms. The van der Waals surface area contributed by atoms with Crippen LogP contribution in [0, 0.1) is 0 Å². The van der Waals surface area contributed by atoms with Gasteiger partial charge in [-0.1, -0.05) is 26.0 Å². The van der Waals surface area contributed by atoms with Gasteiger partial charge in [-0.25, -0.2) is 0 Å². The van der Waals surface area contributed by atoms with Gasteiger partial charge in [-0.15, -0.1) is 0 Å². The van der Waals surface area contributed by atoms with Gasteiger partial charge in [0.2, 0.25) is 0 Å². The molecule has 0 aromatic heterocycles. The van der Waals surface area contributed by atoms with Crippen LogP contribution in [-0.4, -0.2) is 13.0 Å². The van der Waals surface area contributed by atoms with E-state index in [1.807, 2.05) is 12.1 Å². The molecule has 0 fully saturated rings. The van der Waals surface area contributed by atoms with E-state index in [9.17, 15) is 4.79 Å². The second-order valence-electron chi connectivity index (χ2n) is 5.23. The molecule has 0 aliphatic heterocycles. The van der Waals surface area contributed by atoms with Gasteiger partial charge in [-0.2, -0.15) is 0 Å². The van der Waals surface area contributed by atoms with Gasteiger partial charge in [0.05, 0.1) is 11.6 Å². The van der Waals surface area contributed by atoms with Gasteiger partial charge in [0.1, 0.15) is 5.75 Å². The van der Waals surface area contributed by atoms with Crippen molar-refractivity contribution in [3.05, 3.63) is 58.1 Å². The first-order valence-corrected chi connectivity index (χ1v) is 8.09. The van der Waals surface area contributed by atoms with Gasteiger partial charge in [0.15, 0.2) is 0 Å². The van der Waals surface area contributed by atoms with Gasteiger partial charge < -0.3 is 10.1 Å². The van der Waals surface area contributed by atoms with Gasteiger partial charge in [-0.05, 0) is 64.2 Å². The first-order valence-electron chi connectivity index (χ1n) is 7.30. The summed E-state index contributed by atoms with van der Waals surface area (Å²) in [5.41, 5.74) is 2.66. The molecule has 1 atom stereocenters. The Hall–Kier alpha value is -1.81. The molecular formula is C18H20BrNO2. The van der Waals surface area contributed by atoms with Crippen LogP contribution < -0.4 is 10.1 Å². The average Bonchev–Trinajstić information content (AvgIpc) is 2.54. The van der Waals surface area contributed by atoms with Crippen LogP contribution >= 0.6 is 15.9 Å². The van der Waals surface area contributed by atoms with E-state index in [2.05, 4.69) is 47.2 Å². The van der Waals surface area contributed by atoms with Crippen LogP contribution in [0.15, 0.2) is 46.9 Å². The molecule has 2 aromatic carbocycles. The number of carbonyl (C=O) groups is 1. The van der Waals surface area contributed by atoms with Crippen molar-refractivity contribution in [2.24, 2.45) is 0 Å². The molecule has 0 saturated carbocycles. The maximum Gasteiger partial charge on any atom is 0.255 e. The highest BCUT2D eigenvalue weighted by molar-refractivity contribution is 9.10. The van der Waals surface area contributed by atoms with E-state index in [1.165, 1.54) is 5.56 Å². The van der Waals surface area contributed by atoms with Gasteiger partial charge >= 0.3 is 0 Å². The normalized spacial score (nSPS) is 11.8. The van der Waals surface area contributed by atoms with Crippen molar-refractivity contribution in [3.63, 3.8) is 0 Å². The quantitative estimate of drug-likeness (QED) is 0.792. The summed E-state index contributed by atoms with van der Waals surface area (Å²) in [6.45, 7) is 4.37. The van der Waals surface area contributed by atoms with Crippen LogP contribution in [0.5, 0.6) is 5.75 Å². The molecule has 116 valence electrons. The standard InChI is InChI=1S/C18H20BrNO2/c1-4-12(2)13-5-8-15(9-6-13)20-18(21)14-7-10-17(22-3)16(19)11-14/h5-12H,4H2,1-3H3,(H,20,21). The summed E-state index contributed by atoms with van der Waals surface area (Å²) >= 11 is 3.39. The zero-order valence-corrected chi connectivity index (χ0v) is 14.6. The van der Waals surface area contributed by atoms with Crippen molar-refractivity contribution >= 4 is 27.5 Å². The molecule has 1 amide bonds. The minimum Gasteiger partial charge on any atom is -0.496 e. The third kappa shape index (κ3) is 3.89. The van der Waals surface area contributed by atoms with E-state index in [0.29, 0.717) is 17.2 Å². The Bertz CT molecular complexity index is 653. The minimum atomic E-state index is -0.139. The zero-order valence-electron chi connectivity index (χ0n) is 13.0. The molecular weight excluding hydrogens is 342 g/mol. The van der Waals surface area contributed by atoms with Gasteiger partial charge in [0.25, 0.3) is 5.91 Å². The second-order valence-corrected chi connectivity index (χ2v) is 6.09. The molecule has 2 rings (SSSR count). The third-order valence-corrected chi connectivity index (χ3v) is 4.38. The molecule has 2 aromatic rings. The number of benzene rings is 2. The fourth-order valence-electron chi connectivity index (χ4n) is 2.14. The molecule has 1 N–H and O–H groups in total. The number of nitrogens with one attached hydrogen (secondary N) is 1. The van der Waals surface area contributed by atoms with Crippen molar-refractivity contribution in [2.45, 2.75) is 26.2 Å². The Morgan fingerprint density at radius 1 is 1.23 bits per heavy atom. The summed E-state index contributed by atoms with van der Waals surface area (Å²) in [5.74, 6) is 1.09. The maximum atomic E-state index is 12.3. The molecule has 0 aliphatic rings. The number of carbonyl (C=O) groups excluding carboxylic acids is 1. The minimum absolute atomic E-state index is 0.139. The second kappa shape index (κ2) is 7.45. The number of anilines is 1. The molecule has 1 unspecified atom stereocenters. The van der Waals surface area contributed by atoms with Crippen LogP contribution in [0.25, 0.3) is 0 Å². The lowest BCUT2D eigenvalue weighted by Crippen LogP contribution is -2.12. The van der Waals surface area contributed by atoms with Crippen LogP contribution in [0.1, 0.15) is 42.1 Å². The topological polar surface area (TPSA) is 38.3 Å². The molecule has 3 nitrogen and oxygen atoms in total. The summed E-state index contributed by atoms with van der Waals surface area (Å²) in [6.07, 6.45) is 1.10. The fraction of sp³-hybridized carbons (Fsp3) is 0.278. The molecule has 0 saturated heterocycles. The van der Waals surface area contributed by atoms with Crippen LogP contribution in [0.2, 0.25) is 0 Å². The Morgan fingerprint density at radius 2 is 1.91 bits per heavy atom. The van der Waals surface area contributed by atoms with Gasteiger partial charge in [-0.3, -0.25) is 4.79 Å². The number of methoxy groups -OCH3 is 1. The van der Waals surface area contributed by atoms with Crippen LogP contribution in [0.4, 0.5) is 5.69 Å². The molecule has 0 spiro atoms. The highest BCUT2D eigenvalue weighted by Gasteiger charge is 2.10. The Balaban J connectivity index is 2.10. The summed E-state index contributed by atoms with van der Waals surface area (Å²) in [4.78, 5) is 12.3. The molecule has 0 aliphatic carbocycles. The number of hydrogen-bond acceptors (Lipinski definition) is 2. The Labute approximate surface area is 139 Å². The number of ether oxygens (including phenoxy) is 1. The largest absolute Gasteiger partial charge is 0.496 e. The monoisotopic (exact) mass is 361 g/mol. The third-order valence-electron chi connectivity index (χ3n) is 3.76. The highest BCUT2D eigenvalue weighted by Crippen LogP contribution is 2.26. The number of amides is 1. The summed E-state index contributed by atoms with van der Waals surface area (Å²) in [6, 6.07) is 13.3. The van der Waals surface area contributed by atoms with Crippen molar-refractivity contribution in [3.8, 4) is 5.75 Å². The van der Waals surface area contributed by atoms with E-state index in [0.717, 1.165) is 16.6 Å². The molecule has 0 radical (unpaired) electrons. The van der Waals surface area contributed by atoms with Crippen molar-refractivity contribution < 1.29 is 9.53 Å². The van der Waals surface area contributed by atoms with Crippen LogP contribution in [0.3, 0.4) is 0 Å². The zero-order chi connectivity index (χ0) is 16.1. The SMILES string of the molecule is CCC(C)c1ccc(NC(=O)c2ccc(OC)c(Br)c2)cc1. The van der Waals surface area contributed by atoms with E-state index in [1.54, 1.807) is 25.3 Å². The first-order chi connectivity index (χ1) is 10.5. The van der Waals surface area contributed by atoms with E-state index >= 15 is 0 Å². The average molecular weight is 362 g/mol. The summed E-state index contributed by atoms with van der Waals surface area (Å²) in [5, 5.41) is 2.91. The number of rotatable bonds is 5. The van der Waals surface area contributed by atoms with E-state index in [-0.39, 0.29) is 5.91 Å². The molecule has 22 heavy (non-hydrogen) atoms. The molecule has 4 heteroatoms. The first kappa shape index (κ1) is 16.6. The van der Waals surface area contributed by atoms with Crippen molar-refractivity contribution in [1.29, 1.82) is 0 Å². The number of halogens is 1. The van der Waals surface area contributed by atoms with Crippen molar-refractivity contribution in [2.75, 3.05) is 12.4 Å². The van der Waals surface area contributed by atoms with E-state index < -0.39 is 0 Å². The smallest absolute Gasteiger partial charge is 0.255 e. The summed E-state index contributed by atoms with van der Waals surface area (Å²) < 4.78 is 5.92. The molecule has 0 heterocycles. The Kier molecular flexibility index (Phi) is 5.61. The predicted octanol–water partition coefficient (Wildman–Crippen LogP) is 5.22. The lowest BCUT2D eigenvalue weighted by molar-refractivity contribution is 0.102. The maximum absolute atomic E-state index is 12.3. The van der Waals surface area contributed by atoms with Crippen LogP contribution in [-0.2, 0) is 0 Å². The lowest BCUT2D eigenvalue weighted by Gasteiger charge is -2.11. The lowest BCUT2D eigenvalue weighted by atomic mass is 9.98. The Morgan fingerprint density at radius 3 is 2.45 bits per heavy atom. The van der Waals surface area contributed by atoms with E-state index in [4.69, 9.17) is 4.74 Å². The van der Waals surface area contributed by atoms with Crippen molar-refractivity contribution in [1.82, 2.24) is 0 Å². The number of hydrogen-bond donors (Lipinski definition) is 1. The fourth-order valence-corrected chi connectivity index (χ4v) is 2.68.